The number of furan rings is 1. The summed E-state index contributed by atoms with van der Waals surface area (Å²) < 4.78 is 5.56. The van der Waals surface area contributed by atoms with Crippen LogP contribution in [0.1, 0.15) is 35.9 Å². The first kappa shape index (κ1) is 9.77. The van der Waals surface area contributed by atoms with E-state index in [1.54, 1.807) is 18.2 Å². The van der Waals surface area contributed by atoms with Crippen molar-refractivity contribution in [3.63, 3.8) is 0 Å². The molecule has 0 saturated carbocycles. The predicted octanol–water partition coefficient (Wildman–Crippen LogP) is 3.25. The third kappa shape index (κ3) is 1.61. The average molecular weight is 204 g/mol. The van der Waals surface area contributed by atoms with E-state index in [1.807, 2.05) is 19.9 Å². The zero-order valence-corrected chi connectivity index (χ0v) is 8.65. The second-order valence-corrected chi connectivity index (χ2v) is 3.83. The van der Waals surface area contributed by atoms with Gasteiger partial charge in [-0.2, -0.15) is 0 Å². The molecule has 0 unspecified atom stereocenters. The molecule has 0 bridgehead atoms. The maximum atomic E-state index is 11.0. The van der Waals surface area contributed by atoms with E-state index in [0.29, 0.717) is 16.5 Å². The van der Waals surface area contributed by atoms with Gasteiger partial charge in [0.25, 0.3) is 0 Å². The molecule has 2 aromatic rings. The summed E-state index contributed by atoms with van der Waals surface area (Å²) in [6.07, 6.45) is 0. The summed E-state index contributed by atoms with van der Waals surface area (Å²) in [6, 6.07) is 6.88. The lowest BCUT2D eigenvalue weighted by Gasteiger charge is -1.95. The molecule has 1 heterocycles. The Morgan fingerprint density at radius 3 is 2.73 bits per heavy atom. The van der Waals surface area contributed by atoms with E-state index < -0.39 is 5.97 Å². The summed E-state index contributed by atoms with van der Waals surface area (Å²) >= 11 is 0. The third-order valence-electron chi connectivity index (χ3n) is 2.38. The van der Waals surface area contributed by atoms with Crippen molar-refractivity contribution in [2.24, 2.45) is 0 Å². The molecule has 1 aromatic heterocycles. The Morgan fingerprint density at radius 1 is 1.40 bits per heavy atom. The quantitative estimate of drug-likeness (QED) is 0.816. The highest BCUT2D eigenvalue weighted by molar-refractivity contribution is 6.02. The van der Waals surface area contributed by atoms with Gasteiger partial charge < -0.3 is 9.52 Å². The van der Waals surface area contributed by atoms with Crippen LogP contribution in [0.2, 0.25) is 0 Å². The molecule has 0 amide bonds. The highest BCUT2D eigenvalue weighted by Gasteiger charge is 2.13. The van der Waals surface area contributed by atoms with Crippen molar-refractivity contribution in [3.8, 4) is 0 Å². The first-order valence-electron chi connectivity index (χ1n) is 4.85. The van der Waals surface area contributed by atoms with E-state index >= 15 is 0 Å². The second kappa shape index (κ2) is 3.42. The van der Waals surface area contributed by atoms with Crippen LogP contribution in [0.15, 0.2) is 28.7 Å². The van der Waals surface area contributed by atoms with E-state index in [0.717, 1.165) is 5.76 Å². The third-order valence-corrected chi connectivity index (χ3v) is 2.38. The van der Waals surface area contributed by atoms with Crippen LogP contribution in [0.3, 0.4) is 0 Å². The molecule has 0 aliphatic heterocycles. The number of fused-ring (bicyclic) bond motifs is 1. The zero-order valence-electron chi connectivity index (χ0n) is 8.65. The lowest BCUT2D eigenvalue weighted by Crippen LogP contribution is -1.95. The molecule has 3 heteroatoms. The Morgan fingerprint density at radius 2 is 2.13 bits per heavy atom. The fourth-order valence-electron chi connectivity index (χ4n) is 1.55. The Labute approximate surface area is 87.3 Å². The van der Waals surface area contributed by atoms with Gasteiger partial charge in [0.1, 0.15) is 11.3 Å². The van der Waals surface area contributed by atoms with E-state index in [4.69, 9.17) is 9.52 Å². The van der Waals surface area contributed by atoms with Crippen LogP contribution < -0.4 is 0 Å². The molecule has 0 spiro atoms. The van der Waals surface area contributed by atoms with E-state index in [1.165, 1.54) is 0 Å². The number of hydrogen-bond acceptors (Lipinski definition) is 2. The van der Waals surface area contributed by atoms with Crippen molar-refractivity contribution in [2.75, 3.05) is 0 Å². The molecule has 2 rings (SSSR count). The van der Waals surface area contributed by atoms with Gasteiger partial charge in [0.2, 0.25) is 0 Å². The highest BCUT2D eigenvalue weighted by atomic mass is 16.4. The highest BCUT2D eigenvalue weighted by Crippen LogP contribution is 2.27. The summed E-state index contributed by atoms with van der Waals surface area (Å²) in [5, 5.41) is 9.66. The molecule has 3 nitrogen and oxygen atoms in total. The van der Waals surface area contributed by atoms with Gasteiger partial charge in [-0.05, 0) is 18.2 Å². The van der Waals surface area contributed by atoms with Crippen molar-refractivity contribution in [3.05, 3.63) is 35.6 Å². The summed E-state index contributed by atoms with van der Waals surface area (Å²) in [6.45, 7) is 4.02. The van der Waals surface area contributed by atoms with Gasteiger partial charge in [0.15, 0.2) is 0 Å². The summed E-state index contributed by atoms with van der Waals surface area (Å²) in [5.41, 5.74) is 0.932. The van der Waals surface area contributed by atoms with Crippen LogP contribution in [0, 0.1) is 0 Å². The van der Waals surface area contributed by atoms with Crippen LogP contribution in [-0.4, -0.2) is 11.1 Å². The summed E-state index contributed by atoms with van der Waals surface area (Å²) in [5.74, 6) is 0.162. The molecule has 0 radical (unpaired) electrons. The van der Waals surface area contributed by atoms with Crippen molar-refractivity contribution >= 4 is 16.9 Å². The lowest BCUT2D eigenvalue weighted by molar-refractivity contribution is 0.0699. The Hall–Kier alpha value is -1.77. The fourth-order valence-corrected chi connectivity index (χ4v) is 1.55. The molecule has 0 atom stereocenters. The molecule has 1 aromatic carbocycles. The zero-order chi connectivity index (χ0) is 11.0. The smallest absolute Gasteiger partial charge is 0.336 e. The van der Waals surface area contributed by atoms with Gasteiger partial charge in [0, 0.05) is 11.3 Å². The SMILES string of the molecule is CC(C)c1cc2c(C(=O)O)cccc2o1. The average Bonchev–Trinajstić information content (AvgIpc) is 2.60. The molecular formula is C12H12O3. The summed E-state index contributed by atoms with van der Waals surface area (Å²) in [7, 11) is 0. The molecule has 0 aliphatic rings. The molecule has 15 heavy (non-hydrogen) atoms. The molecule has 0 fully saturated rings. The number of carboxylic acids is 1. The van der Waals surface area contributed by atoms with Crippen molar-refractivity contribution in [1.29, 1.82) is 0 Å². The number of carbonyl (C=O) groups is 1. The molecular weight excluding hydrogens is 192 g/mol. The number of aromatic carboxylic acids is 1. The topological polar surface area (TPSA) is 50.4 Å². The first-order valence-corrected chi connectivity index (χ1v) is 4.85. The number of hydrogen-bond donors (Lipinski definition) is 1. The van der Waals surface area contributed by atoms with Gasteiger partial charge in [-0.15, -0.1) is 0 Å². The largest absolute Gasteiger partial charge is 0.478 e. The van der Waals surface area contributed by atoms with Crippen LogP contribution >= 0.6 is 0 Å². The molecule has 0 aliphatic carbocycles. The predicted molar refractivity (Wildman–Crippen MR) is 57.3 cm³/mol. The minimum atomic E-state index is -0.920. The molecule has 1 N–H and O–H groups in total. The first-order chi connectivity index (χ1) is 7.09. The van der Waals surface area contributed by atoms with Crippen molar-refractivity contribution in [1.82, 2.24) is 0 Å². The Bertz CT molecular complexity index is 509. The van der Waals surface area contributed by atoms with E-state index in [-0.39, 0.29) is 5.92 Å². The Balaban J connectivity index is 2.70. The number of carboxylic acid groups (broad SMARTS) is 1. The van der Waals surface area contributed by atoms with Crippen LogP contribution in [0.5, 0.6) is 0 Å². The minimum Gasteiger partial charge on any atom is -0.478 e. The standard InChI is InChI=1S/C12H12O3/c1-7(2)11-6-9-8(12(13)14)4-3-5-10(9)15-11/h3-7H,1-2H3,(H,13,14). The fraction of sp³-hybridized carbons (Fsp3) is 0.250. The lowest BCUT2D eigenvalue weighted by atomic mass is 10.1. The van der Waals surface area contributed by atoms with Gasteiger partial charge in [-0.25, -0.2) is 4.79 Å². The molecule has 78 valence electrons. The van der Waals surface area contributed by atoms with E-state index in [9.17, 15) is 4.79 Å². The van der Waals surface area contributed by atoms with Crippen LogP contribution in [0.4, 0.5) is 0 Å². The van der Waals surface area contributed by atoms with Gasteiger partial charge in [-0.1, -0.05) is 19.9 Å². The number of benzene rings is 1. The maximum absolute atomic E-state index is 11.0. The number of rotatable bonds is 2. The minimum absolute atomic E-state index is 0.263. The van der Waals surface area contributed by atoms with Gasteiger partial charge >= 0.3 is 5.97 Å². The van der Waals surface area contributed by atoms with Crippen molar-refractivity contribution < 1.29 is 14.3 Å². The normalized spacial score (nSPS) is 11.1. The summed E-state index contributed by atoms with van der Waals surface area (Å²) in [4.78, 5) is 11.0. The van der Waals surface area contributed by atoms with Gasteiger partial charge in [-0.3, -0.25) is 0 Å². The van der Waals surface area contributed by atoms with Crippen molar-refractivity contribution in [2.45, 2.75) is 19.8 Å². The Kier molecular flexibility index (Phi) is 2.23. The van der Waals surface area contributed by atoms with E-state index in [2.05, 4.69) is 0 Å². The maximum Gasteiger partial charge on any atom is 0.336 e. The second-order valence-electron chi connectivity index (χ2n) is 3.83. The van der Waals surface area contributed by atoms with Gasteiger partial charge in [0.05, 0.1) is 5.56 Å². The molecule has 0 saturated heterocycles. The van der Waals surface area contributed by atoms with Crippen LogP contribution in [-0.2, 0) is 0 Å². The van der Waals surface area contributed by atoms with Crippen LogP contribution in [0.25, 0.3) is 11.0 Å². The monoisotopic (exact) mass is 204 g/mol.